The molecule has 2 aliphatic heterocycles. The molecule has 0 unspecified atom stereocenters. The fourth-order valence-corrected chi connectivity index (χ4v) is 4.39. The highest BCUT2D eigenvalue weighted by molar-refractivity contribution is 5.82. The lowest BCUT2D eigenvalue weighted by atomic mass is 10.1. The Bertz CT molecular complexity index is 1780. The van der Waals surface area contributed by atoms with Crippen LogP contribution in [0.15, 0.2) is 86.5 Å². The first-order valence-electron chi connectivity index (χ1n) is 11.5. The van der Waals surface area contributed by atoms with E-state index in [-0.39, 0.29) is 0 Å². The smallest absolute Gasteiger partial charge is 0.137 e. The average molecular weight is 467 g/mol. The maximum atomic E-state index is 4.61. The minimum atomic E-state index is 0.738. The number of fused-ring (bicyclic) bond motifs is 3. The summed E-state index contributed by atoms with van der Waals surface area (Å²) >= 11 is 0. The second-order valence-electron chi connectivity index (χ2n) is 8.29. The van der Waals surface area contributed by atoms with E-state index in [1.807, 2.05) is 83.6 Å². The van der Waals surface area contributed by atoms with Gasteiger partial charge in [0.15, 0.2) is 0 Å². The van der Waals surface area contributed by atoms with Gasteiger partial charge in [0.05, 0.1) is 29.0 Å². The zero-order chi connectivity index (χ0) is 24.5. The van der Waals surface area contributed by atoms with E-state index in [0.29, 0.717) is 0 Å². The third-order valence-corrected chi connectivity index (χ3v) is 6.19. The van der Waals surface area contributed by atoms with Crippen LogP contribution < -0.4 is 0 Å². The van der Waals surface area contributed by atoms with Crippen LogP contribution in [-0.2, 0) is 0 Å². The Kier molecular flexibility index (Phi) is 5.31. The molecular formula is C30H22N6. The van der Waals surface area contributed by atoms with Gasteiger partial charge in [0.25, 0.3) is 0 Å². The summed E-state index contributed by atoms with van der Waals surface area (Å²) in [5.74, 6) is 0. The molecule has 0 bridgehead atoms. The Labute approximate surface area is 208 Å². The third-order valence-electron chi connectivity index (χ3n) is 6.19. The molecule has 36 heavy (non-hydrogen) atoms. The Morgan fingerprint density at radius 1 is 0.722 bits per heavy atom. The van der Waals surface area contributed by atoms with Gasteiger partial charge < -0.3 is 8.80 Å². The van der Waals surface area contributed by atoms with Gasteiger partial charge in [0.2, 0.25) is 0 Å². The highest BCUT2D eigenvalue weighted by Crippen LogP contribution is 2.26. The molecule has 2 aliphatic rings. The van der Waals surface area contributed by atoms with Gasteiger partial charge in [0.1, 0.15) is 11.3 Å². The first-order valence-corrected chi connectivity index (χ1v) is 11.5. The third kappa shape index (κ3) is 3.71. The number of hydrogen-bond donors (Lipinski definition) is 0. The van der Waals surface area contributed by atoms with Crippen molar-refractivity contribution in [3.05, 3.63) is 120 Å². The van der Waals surface area contributed by atoms with Crippen LogP contribution in [0.3, 0.4) is 0 Å². The summed E-state index contributed by atoms with van der Waals surface area (Å²) in [5, 5.41) is 8.72. The van der Waals surface area contributed by atoms with E-state index >= 15 is 0 Å². The highest BCUT2D eigenvalue weighted by Gasteiger charge is 2.12. The van der Waals surface area contributed by atoms with Crippen LogP contribution in [0.1, 0.15) is 33.9 Å². The minimum Gasteiger partial charge on any atom is -0.317 e. The van der Waals surface area contributed by atoms with E-state index < -0.39 is 0 Å². The van der Waals surface area contributed by atoms with Crippen molar-refractivity contribution in [2.45, 2.75) is 0 Å². The Balaban J connectivity index is 1.34. The van der Waals surface area contributed by atoms with Crippen LogP contribution in [0.25, 0.3) is 58.9 Å². The summed E-state index contributed by atoms with van der Waals surface area (Å²) in [6.45, 7) is 7.90. The van der Waals surface area contributed by atoms with Gasteiger partial charge in [-0.05, 0) is 72.3 Å². The Morgan fingerprint density at radius 2 is 1.53 bits per heavy atom. The van der Waals surface area contributed by atoms with Gasteiger partial charge in [-0.1, -0.05) is 31.4 Å². The van der Waals surface area contributed by atoms with Crippen LogP contribution in [0, 0.1) is 0 Å². The molecular weight excluding hydrogens is 444 g/mol. The van der Waals surface area contributed by atoms with Crippen molar-refractivity contribution < 1.29 is 0 Å². The lowest BCUT2D eigenvalue weighted by Crippen LogP contribution is -1.88. The largest absolute Gasteiger partial charge is 0.317 e. The van der Waals surface area contributed by atoms with E-state index in [2.05, 4.69) is 55.9 Å². The molecule has 0 saturated heterocycles. The number of aromatic nitrogens is 6. The van der Waals surface area contributed by atoms with Gasteiger partial charge in [-0.15, -0.1) is 10.2 Å². The topological polar surface area (TPSA) is 60.4 Å². The molecule has 0 aliphatic carbocycles. The number of pyridine rings is 1. The van der Waals surface area contributed by atoms with Gasteiger partial charge in [-0.3, -0.25) is 4.98 Å². The zero-order valence-corrected chi connectivity index (χ0v) is 19.5. The summed E-state index contributed by atoms with van der Waals surface area (Å²) in [5.41, 5.74) is 9.38. The molecule has 0 aromatic carbocycles. The molecule has 4 aromatic heterocycles. The number of nitrogens with zero attached hydrogens (tertiary/aromatic N) is 6. The van der Waals surface area contributed by atoms with E-state index in [9.17, 15) is 0 Å². The van der Waals surface area contributed by atoms with Crippen molar-refractivity contribution in [2.75, 3.05) is 0 Å². The first-order chi connectivity index (χ1) is 17.7. The van der Waals surface area contributed by atoms with E-state index in [0.717, 1.165) is 56.3 Å². The van der Waals surface area contributed by atoms with Crippen molar-refractivity contribution in [2.24, 2.45) is 0 Å². The maximum absolute atomic E-state index is 4.61. The van der Waals surface area contributed by atoms with E-state index in [1.165, 1.54) is 0 Å². The van der Waals surface area contributed by atoms with Crippen molar-refractivity contribution in [3.8, 4) is 11.3 Å². The molecule has 6 heterocycles. The SMILES string of the molecule is C=Cc1cc2ccccn2c1/C=C/c1nnc2cnc(/C=C/c3c(C=C)cc4ncccn34)ccc1-2. The normalized spacial score (nSPS) is 11.9. The monoisotopic (exact) mass is 466 g/mol. The molecule has 0 atom stereocenters. The summed E-state index contributed by atoms with van der Waals surface area (Å²) in [6.07, 6.45) is 19.3. The van der Waals surface area contributed by atoms with Crippen LogP contribution in [0.5, 0.6) is 0 Å². The molecule has 0 radical (unpaired) electrons. The molecule has 4 aromatic rings. The lowest BCUT2D eigenvalue weighted by molar-refractivity contribution is 1.08. The molecule has 0 fully saturated rings. The Morgan fingerprint density at radius 3 is 2.42 bits per heavy atom. The fraction of sp³-hybridized carbons (Fsp3) is 0. The quantitative estimate of drug-likeness (QED) is 0.281. The molecule has 6 rings (SSSR count). The molecule has 0 saturated carbocycles. The summed E-state index contributed by atoms with van der Waals surface area (Å²) in [6, 6.07) is 16.1. The van der Waals surface area contributed by atoms with E-state index in [4.69, 9.17) is 0 Å². The molecule has 0 amide bonds. The number of rotatable bonds is 6. The van der Waals surface area contributed by atoms with Gasteiger partial charge in [-0.25, -0.2) is 4.98 Å². The van der Waals surface area contributed by atoms with Crippen LogP contribution in [-0.4, -0.2) is 29.0 Å². The average Bonchev–Trinajstić information content (AvgIpc) is 3.55. The Hall–Kier alpha value is -5.10. The predicted molar refractivity (Wildman–Crippen MR) is 147 cm³/mol. The molecule has 6 nitrogen and oxygen atoms in total. The van der Waals surface area contributed by atoms with Crippen molar-refractivity contribution in [3.63, 3.8) is 0 Å². The van der Waals surface area contributed by atoms with Gasteiger partial charge >= 0.3 is 0 Å². The zero-order valence-electron chi connectivity index (χ0n) is 19.5. The summed E-state index contributed by atoms with van der Waals surface area (Å²) < 4.78 is 4.17. The van der Waals surface area contributed by atoms with Crippen LogP contribution in [0.4, 0.5) is 0 Å². The molecule has 0 N–H and O–H groups in total. The van der Waals surface area contributed by atoms with Crippen molar-refractivity contribution >= 4 is 47.6 Å². The van der Waals surface area contributed by atoms with Crippen molar-refractivity contribution in [1.29, 1.82) is 0 Å². The second-order valence-corrected chi connectivity index (χ2v) is 8.29. The summed E-state index contributed by atoms with van der Waals surface area (Å²) in [4.78, 5) is 9.03. The summed E-state index contributed by atoms with van der Waals surface area (Å²) in [7, 11) is 0. The molecule has 172 valence electrons. The van der Waals surface area contributed by atoms with Gasteiger partial charge in [-0.2, -0.15) is 0 Å². The standard InChI is InChI=1S/C30H22N6/c1-3-21-18-24-8-5-6-16-35(24)28(21)14-12-26-25-11-9-23(32-20-27(25)34-33-26)10-13-29-22(4-2)19-30-31-15-7-17-36(29)30/h3-20H,1-2H2/b13-10+,14-12+. The van der Waals surface area contributed by atoms with Gasteiger partial charge in [0, 0.05) is 35.2 Å². The number of hydrogen-bond acceptors (Lipinski definition) is 4. The predicted octanol–water partition coefficient (Wildman–Crippen LogP) is 6.50. The fourth-order valence-electron chi connectivity index (χ4n) is 4.39. The van der Waals surface area contributed by atoms with Crippen molar-refractivity contribution in [1.82, 2.24) is 29.0 Å². The van der Waals surface area contributed by atoms with Crippen LogP contribution >= 0.6 is 0 Å². The molecule has 6 heteroatoms. The highest BCUT2D eigenvalue weighted by atomic mass is 15.1. The minimum absolute atomic E-state index is 0.738. The second kappa shape index (κ2) is 8.92. The maximum Gasteiger partial charge on any atom is 0.137 e. The first kappa shape index (κ1) is 21.4. The lowest BCUT2D eigenvalue weighted by Gasteiger charge is -1.98. The molecule has 0 spiro atoms. The van der Waals surface area contributed by atoms with E-state index in [1.54, 1.807) is 12.4 Å². The van der Waals surface area contributed by atoms with Crippen LogP contribution in [0.2, 0.25) is 0 Å².